The van der Waals surface area contributed by atoms with Gasteiger partial charge in [0.15, 0.2) is 8.32 Å². The van der Waals surface area contributed by atoms with E-state index in [0.29, 0.717) is 0 Å². The van der Waals surface area contributed by atoms with Crippen molar-refractivity contribution >= 4 is 14.4 Å². The second-order valence-electron chi connectivity index (χ2n) is 11.5. The monoisotopic (exact) mass is 427 g/mol. The molecule has 5 nitrogen and oxygen atoms in total. The van der Waals surface area contributed by atoms with Crippen LogP contribution in [0.5, 0.6) is 0 Å². The van der Waals surface area contributed by atoms with Gasteiger partial charge in [-0.25, -0.2) is 4.79 Å². The van der Waals surface area contributed by atoms with Gasteiger partial charge in [0, 0.05) is 5.92 Å². The third-order valence-electron chi connectivity index (χ3n) is 6.33. The van der Waals surface area contributed by atoms with Crippen molar-refractivity contribution in [3.63, 3.8) is 0 Å². The number of rotatable bonds is 4. The van der Waals surface area contributed by atoms with Crippen molar-refractivity contribution in [1.82, 2.24) is 5.32 Å². The number of aliphatic hydroxyl groups excluding tert-OH is 1. The maximum atomic E-state index is 12.5. The molecule has 0 bridgehead atoms. The predicted molar refractivity (Wildman–Crippen MR) is 122 cm³/mol. The molecule has 0 unspecified atom stereocenters. The number of hydrogen-bond acceptors (Lipinski definition) is 4. The summed E-state index contributed by atoms with van der Waals surface area (Å²) in [5, 5.41) is 14.2. The van der Waals surface area contributed by atoms with E-state index in [-0.39, 0.29) is 28.9 Å². The molecule has 2 N–H and O–H groups in total. The smallest absolute Gasteiger partial charge is 0.407 e. The molecule has 0 aromatic carbocycles. The average molecular weight is 428 g/mol. The molecule has 0 spiro atoms. The van der Waals surface area contributed by atoms with Gasteiger partial charge >= 0.3 is 6.09 Å². The SMILES string of the molecule is CC(C)C1=C[C@H](C)[C@H](O[Si](C)(C)C(C)(C)C)[C@H](C)[C@@H](NC(=O)OC(C)(C)C)[C@H]1O. The van der Waals surface area contributed by atoms with Crippen molar-refractivity contribution in [3.8, 4) is 0 Å². The van der Waals surface area contributed by atoms with Crippen LogP contribution in [0.1, 0.15) is 69.2 Å². The van der Waals surface area contributed by atoms with Crippen LogP contribution < -0.4 is 5.32 Å². The zero-order valence-electron chi connectivity index (χ0n) is 20.7. The van der Waals surface area contributed by atoms with Crippen LogP contribution in [-0.4, -0.2) is 43.4 Å². The maximum absolute atomic E-state index is 12.5. The van der Waals surface area contributed by atoms with Gasteiger partial charge in [0.25, 0.3) is 0 Å². The Morgan fingerprint density at radius 3 is 2.07 bits per heavy atom. The van der Waals surface area contributed by atoms with Crippen molar-refractivity contribution in [2.75, 3.05) is 0 Å². The fraction of sp³-hybridized carbons (Fsp3) is 0.870. The number of carbonyl (C=O) groups excluding carboxylic acids is 1. The summed E-state index contributed by atoms with van der Waals surface area (Å²) in [6.45, 7) is 25.1. The highest BCUT2D eigenvalue weighted by atomic mass is 28.4. The van der Waals surface area contributed by atoms with E-state index in [1.807, 2.05) is 20.8 Å². The van der Waals surface area contributed by atoms with Crippen LogP contribution in [0.15, 0.2) is 11.6 Å². The molecule has 29 heavy (non-hydrogen) atoms. The Bertz CT molecular complexity index is 601. The summed E-state index contributed by atoms with van der Waals surface area (Å²) in [6.07, 6.45) is 0.785. The summed E-state index contributed by atoms with van der Waals surface area (Å²) in [5.41, 5.74) is 0.357. The molecule has 0 radical (unpaired) electrons. The van der Waals surface area contributed by atoms with Crippen LogP contribution in [0.2, 0.25) is 18.1 Å². The third kappa shape index (κ3) is 6.83. The molecule has 0 aromatic rings. The van der Waals surface area contributed by atoms with Gasteiger partial charge in [0.1, 0.15) is 5.60 Å². The van der Waals surface area contributed by atoms with E-state index in [1.165, 1.54) is 0 Å². The highest BCUT2D eigenvalue weighted by Crippen LogP contribution is 2.41. The van der Waals surface area contributed by atoms with Gasteiger partial charge in [-0.1, -0.05) is 54.5 Å². The third-order valence-corrected chi connectivity index (χ3v) is 10.8. The second kappa shape index (κ2) is 9.11. The van der Waals surface area contributed by atoms with Crippen LogP contribution in [0.4, 0.5) is 4.79 Å². The fourth-order valence-corrected chi connectivity index (χ4v) is 5.06. The largest absolute Gasteiger partial charge is 0.444 e. The fourth-order valence-electron chi connectivity index (χ4n) is 3.59. The molecule has 0 saturated carbocycles. The topological polar surface area (TPSA) is 67.8 Å². The Morgan fingerprint density at radius 1 is 1.14 bits per heavy atom. The molecule has 0 fully saturated rings. The van der Waals surface area contributed by atoms with Crippen molar-refractivity contribution in [2.45, 2.75) is 111 Å². The van der Waals surface area contributed by atoms with Gasteiger partial charge in [-0.3, -0.25) is 0 Å². The molecule has 0 heterocycles. The van der Waals surface area contributed by atoms with Crippen molar-refractivity contribution < 1.29 is 19.1 Å². The highest BCUT2D eigenvalue weighted by molar-refractivity contribution is 6.74. The second-order valence-corrected chi connectivity index (χ2v) is 16.3. The Hall–Kier alpha value is -0.853. The van der Waals surface area contributed by atoms with Gasteiger partial charge in [-0.15, -0.1) is 0 Å². The lowest BCUT2D eigenvalue weighted by molar-refractivity contribution is 0.0227. The van der Waals surface area contributed by atoms with E-state index in [0.717, 1.165) is 5.57 Å². The number of alkyl carbamates (subject to hydrolysis) is 1. The van der Waals surface area contributed by atoms with Crippen LogP contribution in [0, 0.1) is 17.8 Å². The Labute approximate surface area is 179 Å². The van der Waals surface area contributed by atoms with E-state index in [2.05, 4.69) is 73.0 Å². The summed E-state index contributed by atoms with van der Waals surface area (Å²) in [6, 6.07) is -0.474. The number of aliphatic hydroxyl groups is 1. The molecule has 1 amide bonds. The predicted octanol–water partition coefficient (Wildman–Crippen LogP) is 5.50. The molecule has 1 aliphatic carbocycles. The quantitative estimate of drug-likeness (QED) is 0.459. The van der Waals surface area contributed by atoms with E-state index in [9.17, 15) is 9.90 Å². The van der Waals surface area contributed by atoms with E-state index < -0.39 is 32.2 Å². The van der Waals surface area contributed by atoms with E-state index >= 15 is 0 Å². The van der Waals surface area contributed by atoms with Crippen molar-refractivity contribution in [2.24, 2.45) is 17.8 Å². The lowest BCUT2D eigenvalue weighted by atomic mass is 9.87. The molecular formula is C23H45NO4Si. The van der Waals surface area contributed by atoms with Crippen LogP contribution in [-0.2, 0) is 9.16 Å². The summed E-state index contributed by atoms with van der Waals surface area (Å²) >= 11 is 0. The molecule has 0 saturated heterocycles. The van der Waals surface area contributed by atoms with Crippen LogP contribution in [0.25, 0.3) is 0 Å². The summed E-state index contributed by atoms with van der Waals surface area (Å²) < 4.78 is 12.3. The van der Waals surface area contributed by atoms with Gasteiger partial charge in [-0.05, 0) is 56.3 Å². The number of nitrogens with one attached hydrogen (secondary N) is 1. The highest BCUT2D eigenvalue weighted by Gasteiger charge is 2.46. The van der Waals surface area contributed by atoms with Gasteiger partial charge in [0.2, 0.25) is 0 Å². The van der Waals surface area contributed by atoms with Crippen molar-refractivity contribution in [3.05, 3.63) is 11.6 Å². The first-order chi connectivity index (χ1) is 12.9. The zero-order valence-corrected chi connectivity index (χ0v) is 21.7. The average Bonchev–Trinajstić information content (AvgIpc) is 2.57. The molecule has 6 heteroatoms. The van der Waals surface area contributed by atoms with E-state index in [4.69, 9.17) is 9.16 Å². The number of hydrogen-bond donors (Lipinski definition) is 2. The van der Waals surface area contributed by atoms with Crippen molar-refractivity contribution in [1.29, 1.82) is 0 Å². The van der Waals surface area contributed by atoms with E-state index in [1.54, 1.807) is 0 Å². The number of ether oxygens (including phenoxy) is 1. The molecule has 0 aromatic heterocycles. The molecule has 5 atom stereocenters. The first kappa shape index (κ1) is 26.2. The first-order valence-electron chi connectivity index (χ1n) is 10.9. The molecule has 1 rings (SSSR count). The lowest BCUT2D eigenvalue weighted by Gasteiger charge is -2.43. The van der Waals surface area contributed by atoms with Gasteiger partial charge in [-0.2, -0.15) is 0 Å². The number of amides is 1. The molecule has 170 valence electrons. The molecule has 1 aliphatic rings. The van der Waals surface area contributed by atoms with Gasteiger partial charge in [0.05, 0.1) is 18.2 Å². The standard InChI is InChI=1S/C23H45NO4Si/c1-14(2)17-13-15(3)20(28-29(11,12)23(8,9)10)16(4)18(19(17)25)24-21(26)27-22(5,6)7/h13-16,18-20,25H,1-12H3,(H,24,26)/t15-,16+,18+,19-,20-/m0/s1. The minimum Gasteiger partial charge on any atom is -0.444 e. The Morgan fingerprint density at radius 2 is 1.66 bits per heavy atom. The Balaban J connectivity index is 3.29. The Kier molecular flexibility index (Phi) is 8.22. The lowest BCUT2D eigenvalue weighted by Crippen LogP contribution is -2.55. The normalized spacial score (nSPS) is 29.3. The maximum Gasteiger partial charge on any atom is 0.407 e. The summed E-state index contributed by atoms with van der Waals surface area (Å²) in [7, 11) is -2.03. The van der Waals surface area contributed by atoms with Crippen LogP contribution >= 0.6 is 0 Å². The zero-order chi connectivity index (χ0) is 22.9. The van der Waals surface area contributed by atoms with Gasteiger partial charge < -0.3 is 19.6 Å². The minimum atomic E-state index is -2.03. The molecule has 0 aliphatic heterocycles. The first-order valence-corrected chi connectivity index (χ1v) is 13.8. The minimum absolute atomic E-state index is 0.0749. The molecular weight excluding hydrogens is 382 g/mol. The van der Waals surface area contributed by atoms with Crippen LogP contribution in [0.3, 0.4) is 0 Å². The summed E-state index contributed by atoms with van der Waals surface area (Å²) in [4.78, 5) is 12.5. The number of carbonyl (C=O) groups is 1. The summed E-state index contributed by atoms with van der Waals surface area (Å²) in [5.74, 6) is 0.236.